The van der Waals surface area contributed by atoms with Crippen molar-refractivity contribution in [2.75, 3.05) is 0 Å². The Hall–Kier alpha value is -1.06. The van der Waals surface area contributed by atoms with E-state index in [1.165, 1.54) is 13.8 Å². The molecule has 88 valence electrons. The first kappa shape index (κ1) is 13.9. The van der Waals surface area contributed by atoms with Gasteiger partial charge >= 0.3 is 11.9 Å². The van der Waals surface area contributed by atoms with Crippen molar-refractivity contribution < 1.29 is 19.1 Å². The summed E-state index contributed by atoms with van der Waals surface area (Å²) in [6.45, 7) is 8.47. The lowest BCUT2D eigenvalue weighted by molar-refractivity contribution is -0.153. The van der Waals surface area contributed by atoms with Crippen LogP contribution in [0.3, 0.4) is 0 Å². The predicted octanol–water partition coefficient (Wildman–Crippen LogP) is 1.92. The summed E-state index contributed by atoms with van der Waals surface area (Å²) in [7, 11) is 0. The Bertz CT molecular complexity index is 223. The minimum Gasteiger partial charge on any atom is -0.463 e. The van der Waals surface area contributed by atoms with E-state index in [4.69, 9.17) is 9.47 Å². The van der Waals surface area contributed by atoms with E-state index in [1.54, 1.807) is 6.92 Å². The van der Waals surface area contributed by atoms with Crippen molar-refractivity contribution in [3.63, 3.8) is 0 Å². The van der Waals surface area contributed by atoms with Crippen LogP contribution in [0.4, 0.5) is 0 Å². The number of esters is 2. The molecule has 0 heterocycles. The van der Waals surface area contributed by atoms with Crippen LogP contribution in [0.2, 0.25) is 0 Å². The third-order valence-electron chi connectivity index (χ3n) is 1.99. The molecule has 15 heavy (non-hydrogen) atoms. The fourth-order valence-electron chi connectivity index (χ4n) is 1.33. The van der Waals surface area contributed by atoms with Crippen LogP contribution in [0, 0.1) is 5.92 Å². The molecule has 0 aromatic heterocycles. The summed E-state index contributed by atoms with van der Waals surface area (Å²) < 4.78 is 10.1. The van der Waals surface area contributed by atoms with Crippen molar-refractivity contribution >= 4 is 11.9 Å². The quantitative estimate of drug-likeness (QED) is 0.659. The van der Waals surface area contributed by atoms with Crippen LogP contribution >= 0.6 is 0 Å². The molecular weight excluding hydrogens is 196 g/mol. The van der Waals surface area contributed by atoms with Crippen LogP contribution in [-0.2, 0) is 19.1 Å². The molecule has 0 radical (unpaired) electrons. The first-order chi connectivity index (χ1) is 6.82. The summed E-state index contributed by atoms with van der Waals surface area (Å²) in [5, 5.41) is 0. The second-order valence-electron chi connectivity index (χ2n) is 4.05. The number of rotatable bonds is 5. The molecule has 0 aromatic rings. The molecule has 0 N–H and O–H groups in total. The van der Waals surface area contributed by atoms with Gasteiger partial charge in [0.25, 0.3) is 0 Å². The number of carbonyl (C=O) groups is 2. The lowest BCUT2D eigenvalue weighted by Crippen LogP contribution is -2.28. The van der Waals surface area contributed by atoms with Gasteiger partial charge in [0.2, 0.25) is 0 Å². The Kier molecular flexibility index (Phi) is 5.97. The Balaban J connectivity index is 4.15. The van der Waals surface area contributed by atoms with Gasteiger partial charge in [-0.25, -0.2) is 0 Å². The van der Waals surface area contributed by atoms with Crippen LogP contribution in [0.25, 0.3) is 0 Å². The van der Waals surface area contributed by atoms with E-state index >= 15 is 0 Å². The van der Waals surface area contributed by atoms with E-state index in [0.29, 0.717) is 6.42 Å². The van der Waals surface area contributed by atoms with Crippen LogP contribution in [0.1, 0.15) is 41.0 Å². The zero-order chi connectivity index (χ0) is 12.0. The first-order valence-corrected chi connectivity index (χ1v) is 5.17. The van der Waals surface area contributed by atoms with Crippen molar-refractivity contribution in [2.24, 2.45) is 5.92 Å². The molecule has 0 amide bonds. The molecule has 0 spiro atoms. The highest BCUT2D eigenvalue weighted by molar-refractivity contribution is 5.66. The highest BCUT2D eigenvalue weighted by Crippen LogP contribution is 2.15. The van der Waals surface area contributed by atoms with E-state index in [1.807, 2.05) is 13.8 Å². The summed E-state index contributed by atoms with van der Waals surface area (Å²) in [5.74, 6) is -0.400. The number of hydrogen-bond acceptors (Lipinski definition) is 4. The van der Waals surface area contributed by atoms with Gasteiger partial charge in [0.1, 0.15) is 12.2 Å². The van der Waals surface area contributed by atoms with Gasteiger partial charge in [0, 0.05) is 20.3 Å². The molecule has 0 aliphatic carbocycles. The molecule has 2 atom stereocenters. The van der Waals surface area contributed by atoms with Gasteiger partial charge in [-0.3, -0.25) is 9.59 Å². The van der Waals surface area contributed by atoms with Crippen LogP contribution in [0.15, 0.2) is 0 Å². The normalized spacial score (nSPS) is 14.5. The Morgan fingerprint density at radius 2 is 1.47 bits per heavy atom. The molecule has 0 unspecified atom stereocenters. The van der Waals surface area contributed by atoms with E-state index in [9.17, 15) is 9.59 Å². The molecule has 0 bridgehead atoms. The smallest absolute Gasteiger partial charge is 0.302 e. The van der Waals surface area contributed by atoms with Gasteiger partial charge < -0.3 is 9.47 Å². The van der Waals surface area contributed by atoms with E-state index in [2.05, 4.69) is 0 Å². The predicted molar refractivity (Wildman–Crippen MR) is 56.2 cm³/mol. The van der Waals surface area contributed by atoms with Gasteiger partial charge in [-0.2, -0.15) is 0 Å². The fourth-order valence-corrected chi connectivity index (χ4v) is 1.33. The van der Waals surface area contributed by atoms with Gasteiger partial charge in [-0.05, 0) is 12.8 Å². The van der Waals surface area contributed by atoms with Gasteiger partial charge in [-0.1, -0.05) is 13.8 Å². The van der Waals surface area contributed by atoms with Crippen molar-refractivity contribution in [1.29, 1.82) is 0 Å². The van der Waals surface area contributed by atoms with Crippen LogP contribution in [-0.4, -0.2) is 24.1 Å². The SMILES string of the molecule is CC(=O)O[C@@H](C[C@H](C)OC(C)=O)C(C)C. The third kappa shape index (κ3) is 6.94. The molecule has 0 aliphatic rings. The zero-order valence-electron chi connectivity index (χ0n) is 10.1. The number of hydrogen-bond donors (Lipinski definition) is 0. The lowest BCUT2D eigenvalue weighted by atomic mass is 10.0. The number of carbonyl (C=O) groups excluding carboxylic acids is 2. The average molecular weight is 216 g/mol. The second kappa shape index (κ2) is 6.43. The molecule has 0 aromatic carbocycles. The van der Waals surface area contributed by atoms with E-state index < -0.39 is 0 Å². The molecule has 0 saturated carbocycles. The van der Waals surface area contributed by atoms with E-state index in [0.717, 1.165) is 0 Å². The largest absolute Gasteiger partial charge is 0.463 e. The van der Waals surface area contributed by atoms with Crippen molar-refractivity contribution in [3.8, 4) is 0 Å². The molecule has 0 rings (SSSR count). The zero-order valence-corrected chi connectivity index (χ0v) is 10.1. The molecule has 4 nitrogen and oxygen atoms in total. The number of ether oxygens (including phenoxy) is 2. The average Bonchev–Trinajstić information content (AvgIpc) is 1.99. The van der Waals surface area contributed by atoms with E-state index in [-0.39, 0.29) is 30.1 Å². The first-order valence-electron chi connectivity index (χ1n) is 5.17. The molecular formula is C11H20O4. The van der Waals surface area contributed by atoms with Gasteiger partial charge in [0.15, 0.2) is 0 Å². The minimum absolute atomic E-state index is 0.197. The van der Waals surface area contributed by atoms with Crippen molar-refractivity contribution in [1.82, 2.24) is 0 Å². The van der Waals surface area contributed by atoms with Crippen molar-refractivity contribution in [2.45, 2.75) is 53.2 Å². The maximum atomic E-state index is 10.8. The standard InChI is InChI=1S/C11H20O4/c1-7(2)11(15-10(5)13)6-8(3)14-9(4)12/h7-8,11H,6H2,1-5H3/t8-,11-/m0/s1. The highest BCUT2D eigenvalue weighted by atomic mass is 16.6. The molecule has 0 aliphatic heterocycles. The summed E-state index contributed by atoms with van der Waals surface area (Å²) in [6.07, 6.45) is 0.114. The maximum absolute atomic E-state index is 10.8. The highest BCUT2D eigenvalue weighted by Gasteiger charge is 2.20. The minimum atomic E-state index is -0.312. The monoisotopic (exact) mass is 216 g/mol. The second-order valence-corrected chi connectivity index (χ2v) is 4.05. The Morgan fingerprint density at radius 3 is 1.80 bits per heavy atom. The van der Waals surface area contributed by atoms with Gasteiger partial charge in [0.05, 0.1) is 0 Å². The Labute approximate surface area is 90.9 Å². The molecule has 4 heteroatoms. The van der Waals surface area contributed by atoms with Crippen molar-refractivity contribution in [3.05, 3.63) is 0 Å². The molecule has 0 fully saturated rings. The Morgan fingerprint density at radius 1 is 1.00 bits per heavy atom. The van der Waals surface area contributed by atoms with Crippen LogP contribution < -0.4 is 0 Å². The topological polar surface area (TPSA) is 52.6 Å². The summed E-state index contributed by atoms with van der Waals surface area (Å²) in [4.78, 5) is 21.5. The fraction of sp³-hybridized carbons (Fsp3) is 0.818. The molecule has 0 saturated heterocycles. The third-order valence-corrected chi connectivity index (χ3v) is 1.99. The summed E-state index contributed by atoms with van der Waals surface area (Å²) in [5.41, 5.74) is 0. The maximum Gasteiger partial charge on any atom is 0.302 e. The van der Waals surface area contributed by atoms with Gasteiger partial charge in [-0.15, -0.1) is 0 Å². The lowest BCUT2D eigenvalue weighted by Gasteiger charge is -2.23. The summed E-state index contributed by atoms with van der Waals surface area (Å²) >= 11 is 0. The van der Waals surface area contributed by atoms with Crippen LogP contribution in [0.5, 0.6) is 0 Å². The summed E-state index contributed by atoms with van der Waals surface area (Å²) in [6, 6.07) is 0.